The van der Waals surface area contributed by atoms with Crippen molar-refractivity contribution in [2.45, 2.75) is 0 Å². The number of rotatable bonds is 2. The van der Waals surface area contributed by atoms with Gasteiger partial charge in [-0.05, 0) is 18.2 Å². The third kappa shape index (κ3) is 1.78. The molecule has 0 radical (unpaired) electrons. The van der Waals surface area contributed by atoms with Crippen molar-refractivity contribution in [2.75, 3.05) is 12.5 Å². The summed E-state index contributed by atoms with van der Waals surface area (Å²) in [5.41, 5.74) is 8.45. The molecule has 21 heavy (non-hydrogen) atoms. The lowest BCUT2D eigenvalue weighted by Gasteiger charge is -2.05. The number of ether oxygens (including phenoxy) is 2. The third-order valence-corrected chi connectivity index (χ3v) is 3.21. The molecule has 7 heteroatoms. The van der Waals surface area contributed by atoms with Crippen LogP contribution >= 0.6 is 0 Å². The van der Waals surface area contributed by atoms with Crippen LogP contribution in [0.1, 0.15) is 0 Å². The van der Waals surface area contributed by atoms with Crippen molar-refractivity contribution in [3.63, 3.8) is 0 Å². The van der Waals surface area contributed by atoms with Gasteiger partial charge in [0.05, 0.1) is 16.8 Å². The highest BCUT2D eigenvalue weighted by Crippen LogP contribution is 2.44. The number of anilines is 1. The van der Waals surface area contributed by atoms with Crippen molar-refractivity contribution in [1.29, 1.82) is 0 Å². The second kappa shape index (κ2) is 4.48. The molecular formula is C14H10N4O3. The number of hydrogen-bond donors (Lipinski definition) is 1. The second-order valence-electron chi connectivity index (χ2n) is 4.40. The van der Waals surface area contributed by atoms with Crippen LogP contribution in [0.25, 0.3) is 22.5 Å². The van der Waals surface area contributed by atoms with Crippen LogP contribution in [0.3, 0.4) is 0 Å². The van der Waals surface area contributed by atoms with Gasteiger partial charge >= 0.3 is 0 Å². The first kappa shape index (κ1) is 11.7. The van der Waals surface area contributed by atoms with E-state index >= 15 is 0 Å². The Kier molecular flexibility index (Phi) is 2.50. The number of nitrogen functional groups attached to an aromatic ring is 1. The summed E-state index contributed by atoms with van der Waals surface area (Å²) in [5, 5.41) is 4.04. The number of benzene rings is 1. The second-order valence-corrected chi connectivity index (χ2v) is 4.40. The van der Waals surface area contributed by atoms with Gasteiger partial charge in [0.1, 0.15) is 12.0 Å². The maximum absolute atomic E-state index is 5.89. The number of fused-ring (bicyclic) bond motifs is 1. The molecule has 0 amide bonds. The predicted molar refractivity (Wildman–Crippen MR) is 73.5 cm³/mol. The summed E-state index contributed by atoms with van der Waals surface area (Å²) in [7, 11) is 0. The van der Waals surface area contributed by atoms with Crippen LogP contribution in [0.5, 0.6) is 11.5 Å². The Bertz CT molecular complexity index is 801. The number of nitrogens with zero attached hydrogens (tertiary/aromatic N) is 3. The van der Waals surface area contributed by atoms with Gasteiger partial charge in [-0.3, -0.25) is 0 Å². The smallest absolute Gasteiger partial charge is 0.232 e. The van der Waals surface area contributed by atoms with Crippen LogP contribution in [0.4, 0.5) is 5.88 Å². The molecule has 3 aromatic rings. The average Bonchev–Trinajstić information content (AvgIpc) is 3.14. The standard InChI is InChI=1S/C14H10N4O3/c15-14-11(9-4-5-16-6-17-9)12(18-21-14)8-2-1-3-10-13(8)20-7-19-10/h1-6H,7,15H2. The van der Waals surface area contributed by atoms with Crippen LogP contribution in [-0.4, -0.2) is 21.9 Å². The van der Waals surface area contributed by atoms with Gasteiger partial charge in [0, 0.05) is 6.20 Å². The highest BCUT2D eigenvalue weighted by Gasteiger charge is 2.25. The average molecular weight is 282 g/mol. The molecule has 1 aliphatic rings. The molecule has 2 aromatic heterocycles. The summed E-state index contributed by atoms with van der Waals surface area (Å²) >= 11 is 0. The van der Waals surface area contributed by atoms with E-state index in [1.165, 1.54) is 6.33 Å². The molecule has 3 heterocycles. The fraction of sp³-hybridized carbons (Fsp3) is 0.0714. The molecule has 0 fully saturated rings. The minimum atomic E-state index is 0.183. The van der Waals surface area contributed by atoms with Crippen molar-refractivity contribution in [3.8, 4) is 34.0 Å². The lowest BCUT2D eigenvalue weighted by Crippen LogP contribution is -1.94. The normalized spacial score (nSPS) is 12.6. The summed E-state index contributed by atoms with van der Waals surface area (Å²) < 4.78 is 16.0. The fourth-order valence-electron chi connectivity index (χ4n) is 2.29. The first-order chi connectivity index (χ1) is 10.3. The van der Waals surface area contributed by atoms with Crippen molar-refractivity contribution in [1.82, 2.24) is 15.1 Å². The third-order valence-electron chi connectivity index (χ3n) is 3.21. The van der Waals surface area contributed by atoms with E-state index in [1.54, 1.807) is 12.3 Å². The van der Waals surface area contributed by atoms with E-state index in [4.69, 9.17) is 19.7 Å². The summed E-state index contributed by atoms with van der Waals surface area (Å²) in [6.45, 7) is 0.183. The summed E-state index contributed by atoms with van der Waals surface area (Å²) in [5.74, 6) is 1.49. The van der Waals surface area contributed by atoms with Crippen LogP contribution in [0.2, 0.25) is 0 Å². The number of para-hydroxylation sites is 1. The molecule has 7 nitrogen and oxygen atoms in total. The van der Waals surface area contributed by atoms with Gasteiger partial charge < -0.3 is 19.7 Å². The highest BCUT2D eigenvalue weighted by molar-refractivity contribution is 5.88. The molecule has 1 aliphatic heterocycles. The topological polar surface area (TPSA) is 96.3 Å². The molecule has 0 saturated heterocycles. The van der Waals surface area contributed by atoms with E-state index in [-0.39, 0.29) is 12.7 Å². The molecule has 4 rings (SSSR count). The Hall–Kier alpha value is -3.09. The first-order valence-corrected chi connectivity index (χ1v) is 6.25. The number of nitrogens with two attached hydrogens (primary N) is 1. The Morgan fingerprint density at radius 1 is 1.14 bits per heavy atom. The molecule has 0 atom stereocenters. The Morgan fingerprint density at radius 3 is 2.95 bits per heavy atom. The SMILES string of the molecule is Nc1onc(-c2cccc3c2OCO3)c1-c1ccncn1. The minimum absolute atomic E-state index is 0.183. The molecule has 104 valence electrons. The zero-order valence-electron chi connectivity index (χ0n) is 10.8. The lowest BCUT2D eigenvalue weighted by molar-refractivity contribution is 0.174. The predicted octanol–water partition coefficient (Wildman–Crippen LogP) is 2.11. The van der Waals surface area contributed by atoms with Gasteiger partial charge in [-0.1, -0.05) is 11.2 Å². The van der Waals surface area contributed by atoms with Crippen molar-refractivity contribution in [2.24, 2.45) is 0 Å². The molecule has 0 saturated carbocycles. The monoisotopic (exact) mass is 282 g/mol. The van der Waals surface area contributed by atoms with Crippen molar-refractivity contribution in [3.05, 3.63) is 36.8 Å². The molecule has 0 aliphatic carbocycles. The fourth-order valence-corrected chi connectivity index (χ4v) is 2.29. The van der Waals surface area contributed by atoms with E-state index in [1.807, 2.05) is 18.2 Å². The van der Waals surface area contributed by atoms with Gasteiger partial charge in [0.2, 0.25) is 12.7 Å². The summed E-state index contributed by atoms with van der Waals surface area (Å²) in [6, 6.07) is 7.31. The van der Waals surface area contributed by atoms with E-state index in [2.05, 4.69) is 15.1 Å². The molecule has 1 aromatic carbocycles. The van der Waals surface area contributed by atoms with E-state index in [0.29, 0.717) is 28.5 Å². The molecule has 2 N–H and O–H groups in total. The molecule has 0 bridgehead atoms. The molecule has 0 unspecified atom stereocenters. The zero-order valence-corrected chi connectivity index (χ0v) is 10.8. The van der Waals surface area contributed by atoms with E-state index in [9.17, 15) is 0 Å². The Morgan fingerprint density at radius 2 is 2.10 bits per heavy atom. The maximum atomic E-state index is 5.89. The molecular weight excluding hydrogens is 272 g/mol. The van der Waals surface area contributed by atoms with Crippen molar-refractivity contribution < 1.29 is 14.0 Å². The highest BCUT2D eigenvalue weighted by atomic mass is 16.7. The van der Waals surface area contributed by atoms with Gasteiger partial charge in [-0.25, -0.2) is 9.97 Å². The maximum Gasteiger partial charge on any atom is 0.232 e. The van der Waals surface area contributed by atoms with Crippen LogP contribution < -0.4 is 15.2 Å². The zero-order chi connectivity index (χ0) is 14.2. The molecule has 0 spiro atoms. The minimum Gasteiger partial charge on any atom is -0.454 e. The van der Waals surface area contributed by atoms with Crippen LogP contribution in [0, 0.1) is 0 Å². The quantitative estimate of drug-likeness (QED) is 0.768. The van der Waals surface area contributed by atoms with E-state index < -0.39 is 0 Å². The van der Waals surface area contributed by atoms with Gasteiger partial charge in [0.15, 0.2) is 11.5 Å². The van der Waals surface area contributed by atoms with Gasteiger partial charge in [-0.2, -0.15) is 0 Å². The van der Waals surface area contributed by atoms with Crippen LogP contribution in [0.15, 0.2) is 41.3 Å². The lowest BCUT2D eigenvalue weighted by atomic mass is 10.0. The van der Waals surface area contributed by atoms with Crippen molar-refractivity contribution >= 4 is 5.88 Å². The number of aromatic nitrogens is 3. The van der Waals surface area contributed by atoms with Crippen LogP contribution in [-0.2, 0) is 0 Å². The van der Waals surface area contributed by atoms with Gasteiger partial charge in [-0.15, -0.1) is 0 Å². The largest absolute Gasteiger partial charge is 0.454 e. The van der Waals surface area contributed by atoms with Gasteiger partial charge in [0.25, 0.3) is 0 Å². The summed E-state index contributed by atoms with van der Waals surface area (Å²) in [4.78, 5) is 8.10. The first-order valence-electron chi connectivity index (χ1n) is 6.25. The Labute approximate surface area is 119 Å². The Balaban J connectivity index is 1.94. The number of hydrogen-bond acceptors (Lipinski definition) is 7. The van der Waals surface area contributed by atoms with E-state index in [0.717, 1.165) is 5.56 Å². The summed E-state index contributed by atoms with van der Waals surface area (Å²) in [6.07, 6.45) is 3.08.